The van der Waals surface area contributed by atoms with Gasteiger partial charge in [-0.05, 0) is 42.0 Å². The quantitative estimate of drug-likeness (QED) is 0.371. The van der Waals surface area contributed by atoms with Crippen LogP contribution in [0.4, 0.5) is 10.1 Å². The number of rotatable bonds is 7. The van der Waals surface area contributed by atoms with Crippen LogP contribution in [0.5, 0.6) is 5.75 Å². The average molecular weight is 480 g/mol. The fourth-order valence-electron chi connectivity index (χ4n) is 3.04. The number of ether oxygens (including phenoxy) is 1. The van der Waals surface area contributed by atoms with E-state index < -0.39 is 0 Å². The average Bonchev–Trinajstić information content (AvgIpc) is 3.21. The van der Waals surface area contributed by atoms with Crippen LogP contribution in [-0.4, -0.2) is 15.7 Å². The number of hydrogen-bond acceptors (Lipinski definition) is 3. The number of amides is 1. The van der Waals surface area contributed by atoms with E-state index >= 15 is 0 Å². The zero-order valence-corrected chi connectivity index (χ0v) is 18.0. The van der Waals surface area contributed by atoms with Crippen LogP contribution >= 0.6 is 15.9 Å². The van der Waals surface area contributed by atoms with Gasteiger partial charge in [0, 0.05) is 21.8 Å². The summed E-state index contributed by atoms with van der Waals surface area (Å²) in [7, 11) is 0. The molecule has 1 aromatic heterocycles. The van der Waals surface area contributed by atoms with Gasteiger partial charge >= 0.3 is 0 Å². The highest BCUT2D eigenvalue weighted by atomic mass is 79.9. The van der Waals surface area contributed by atoms with E-state index in [4.69, 9.17) is 4.74 Å². The molecular formula is C24H19BrFN3O2. The second-order valence-corrected chi connectivity index (χ2v) is 7.83. The summed E-state index contributed by atoms with van der Waals surface area (Å²) in [5.74, 6) is 0.201. The number of aromatic nitrogens is 2. The molecule has 0 aliphatic carbocycles. The van der Waals surface area contributed by atoms with Crippen LogP contribution < -0.4 is 10.1 Å². The smallest absolute Gasteiger partial charge is 0.255 e. The maximum absolute atomic E-state index is 13.8. The van der Waals surface area contributed by atoms with Crippen LogP contribution in [-0.2, 0) is 13.2 Å². The van der Waals surface area contributed by atoms with E-state index in [0.29, 0.717) is 23.4 Å². The van der Waals surface area contributed by atoms with Gasteiger partial charge < -0.3 is 10.1 Å². The van der Waals surface area contributed by atoms with E-state index in [9.17, 15) is 9.18 Å². The highest BCUT2D eigenvalue weighted by Crippen LogP contribution is 2.19. The van der Waals surface area contributed by atoms with E-state index in [2.05, 4.69) is 26.3 Å². The number of halogens is 2. The second kappa shape index (κ2) is 9.57. The molecule has 1 heterocycles. The lowest BCUT2D eigenvalue weighted by molar-refractivity contribution is 0.102. The Kier molecular flexibility index (Phi) is 6.43. The third-order valence-corrected chi connectivity index (χ3v) is 5.07. The van der Waals surface area contributed by atoms with E-state index in [1.165, 1.54) is 6.07 Å². The summed E-state index contributed by atoms with van der Waals surface area (Å²) in [5.41, 5.74) is 2.46. The van der Waals surface area contributed by atoms with E-state index in [1.54, 1.807) is 47.4 Å². The molecule has 0 atom stereocenters. The van der Waals surface area contributed by atoms with Crippen LogP contribution in [0.2, 0.25) is 0 Å². The minimum Gasteiger partial charge on any atom is -0.489 e. The van der Waals surface area contributed by atoms with Crippen LogP contribution in [0.25, 0.3) is 0 Å². The number of benzene rings is 3. The normalized spacial score (nSPS) is 10.6. The molecule has 0 unspecified atom stereocenters. The van der Waals surface area contributed by atoms with Gasteiger partial charge in [0.2, 0.25) is 0 Å². The Morgan fingerprint density at radius 1 is 1.06 bits per heavy atom. The van der Waals surface area contributed by atoms with Gasteiger partial charge in [0.15, 0.2) is 0 Å². The lowest BCUT2D eigenvalue weighted by Gasteiger charge is -2.08. The maximum Gasteiger partial charge on any atom is 0.255 e. The molecule has 0 radical (unpaired) electrons. The van der Waals surface area contributed by atoms with Crippen molar-refractivity contribution >= 4 is 27.5 Å². The molecule has 0 aliphatic rings. The molecule has 4 rings (SSSR count). The van der Waals surface area contributed by atoms with Crippen molar-refractivity contribution < 1.29 is 13.9 Å². The third kappa shape index (κ3) is 5.58. The van der Waals surface area contributed by atoms with Crippen molar-refractivity contribution in [3.05, 3.63) is 112 Å². The van der Waals surface area contributed by atoms with E-state index in [0.717, 1.165) is 15.8 Å². The Bertz CT molecular complexity index is 1210. The molecule has 5 nitrogen and oxygen atoms in total. The van der Waals surface area contributed by atoms with Crippen molar-refractivity contribution in [3.8, 4) is 5.75 Å². The Morgan fingerprint density at radius 3 is 2.74 bits per heavy atom. The molecule has 156 valence electrons. The van der Waals surface area contributed by atoms with Crippen LogP contribution in [0.3, 0.4) is 0 Å². The SMILES string of the molecule is O=C(Nc1cnn(Cc2ccccc2F)c1)c1cccc(COc2cccc(Br)c2)c1. The molecular weight excluding hydrogens is 461 g/mol. The van der Waals surface area contributed by atoms with Gasteiger partial charge in [-0.15, -0.1) is 0 Å². The summed E-state index contributed by atoms with van der Waals surface area (Å²) in [6.45, 7) is 0.628. The van der Waals surface area contributed by atoms with Crippen LogP contribution in [0, 0.1) is 5.82 Å². The lowest BCUT2D eigenvalue weighted by atomic mass is 10.1. The summed E-state index contributed by atoms with van der Waals surface area (Å²) in [4.78, 5) is 12.7. The highest BCUT2D eigenvalue weighted by Gasteiger charge is 2.10. The van der Waals surface area contributed by atoms with Gasteiger partial charge in [0.25, 0.3) is 5.91 Å². The molecule has 1 N–H and O–H groups in total. The molecule has 4 aromatic rings. The van der Waals surface area contributed by atoms with Crippen molar-refractivity contribution in [2.75, 3.05) is 5.32 Å². The standard InChI is InChI=1S/C24H19BrFN3O2/c25-20-8-4-9-22(12-20)31-16-17-5-3-7-18(11-17)24(30)28-21-13-27-29(15-21)14-19-6-1-2-10-23(19)26/h1-13,15H,14,16H2,(H,28,30). The van der Waals surface area contributed by atoms with Crippen molar-refractivity contribution in [1.29, 1.82) is 0 Å². The number of carbonyl (C=O) groups is 1. The maximum atomic E-state index is 13.8. The molecule has 31 heavy (non-hydrogen) atoms. The van der Waals surface area contributed by atoms with Gasteiger partial charge in [-0.25, -0.2) is 4.39 Å². The van der Waals surface area contributed by atoms with Gasteiger partial charge in [0.05, 0.1) is 18.4 Å². The largest absolute Gasteiger partial charge is 0.489 e. The minimum absolute atomic E-state index is 0.255. The summed E-state index contributed by atoms with van der Waals surface area (Å²) >= 11 is 3.42. The first-order valence-electron chi connectivity index (χ1n) is 9.61. The van der Waals surface area contributed by atoms with Crippen LogP contribution in [0.1, 0.15) is 21.5 Å². The number of anilines is 1. The monoisotopic (exact) mass is 479 g/mol. The Hall–Kier alpha value is -3.45. The summed E-state index contributed by atoms with van der Waals surface area (Å²) < 4.78 is 22.1. The zero-order chi connectivity index (χ0) is 21.6. The zero-order valence-electron chi connectivity index (χ0n) is 16.5. The molecule has 0 saturated heterocycles. The number of carbonyl (C=O) groups excluding carboxylic acids is 1. The summed E-state index contributed by atoms with van der Waals surface area (Å²) in [6.07, 6.45) is 3.21. The van der Waals surface area contributed by atoms with E-state index in [-0.39, 0.29) is 18.3 Å². The van der Waals surface area contributed by atoms with Gasteiger partial charge in [-0.2, -0.15) is 5.10 Å². The molecule has 0 aliphatic heterocycles. The predicted octanol–water partition coefficient (Wildman–Crippen LogP) is 5.66. The highest BCUT2D eigenvalue weighted by molar-refractivity contribution is 9.10. The molecule has 0 saturated carbocycles. The molecule has 7 heteroatoms. The first kappa shape index (κ1) is 20.8. The van der Waals surface area contributed by atoms with Crippen LogP contribution in [0.15, 0.2) is 89.7 Å². The lowest BCUT2D eigenvalue weighted by Crippen LogP contribution is -2.12. The molecule has 0 fully saturated rings. The second-order valence-electron chi connectivity index (χ2n) is 6.92. The Morgan fingerprint density at radius 2 is 1.90 bits per heavy atom. The van der Waals surface area contributed by atoms with Crippen molar-refractivity contribution in [3.63, 3.8) is 0 Å². The third-order valence-electron chi connectivity index (χ3n) is 4.57. The molecule has 3 aromatic carbocycles. The summed E-state index contributed by atoms with van der Waals surface area (Å²) in [6, 6.07) is 21.4. The molecule has 0 spiro atoms. The minimum atomic E-state index is -0.287. The van der Waals surface area contributed by atoms with Gasteiger partial charge in [-0.1, -0.05) is 52.3 Å². The Labute approximate surface area is 187 Å². The fourth-order valence-corrected chi connectivity index (χ4v) is 3.42. The number of hydrogen-bond donors (Lipinski definition) is 1. The molecule has 1 amide bonds. The predicted molar refractivity (Wildman–Crippen MR) is 121 cm³/mol. The first-order valence-corrected chi connectivity index (χ1v) is 10.4. The fraction of sp³-hybridized carbons (Fsp3) is 0.0833. The Balaban J connectivity index is 1.38. The first-order chi connectivity index (χ1) is 15.1. The van der Waals surface area contributed by atoms with E-state index in [1.807, 2.05) is 36.4 Å². The van der Waals surface area contributed by atoms with Gasteiger partial charge in [0.1, 0.15) is 18.2 Å². The van der Waals surface area contributed by atoms with Crippen molar-refractivity contribution in [1.82, 2.24) is 9.78 Å². The summed E-state index contributed by atoms with van der Waals surface area (Å²) in [5, 5.41) is 7.02. The number of nitrogens with zero attached hydrogens (tertiary/aromatic N) is 2. The van der Waals surface area contributed by atoms with Crippen molar-refractivity contribution in [2.24, 2.45) is 0 Å². The number of nitrogens with one attached hydrogen (secondary N) is 1. The van der Waals surface area contributed by atoms with Crippen molar-refractivity contribution in [2.45, 2.75) is 13.2 Å². The topological polar surface area (TPSA) is 56.2 Å². The van der Waals surface area contributed by atoms with Gasteiger partial charge in [-0.3, -0.25) is 9.48 Å². The molecule has 0 bridgehead atoms.